The number of aliphatic hydroxyl groups is 2. The number of nitrogens with one attached hydrogen (secondary N) is 14. The molecule has 3 rings (SSSR count). The van der Waals surface area contributed by atoms with E-state index >= 15 is 0 Å². The number of phenolic OH excluding ortho intramolecular Hbond substituents is 2. The number of aliphatic imine (C=N–C) groups is 1. The third-order valence-corrected chi connectivity index (χ3v) is 22.8. The van der Waals surface area contributed by atoms with Crippen LogP contribution in [-0.2, 0) is 94.3 Å². The number of carbonyl (C=O) groups excluding carboxylic acids is 16. The number of aliphatic carboxylic acids is 1. The Balaban J connectivity index is 1.92. The first-order chi connectivity index (χ1) is 62.7. The number of carbonyl (C=O) groups is 17. The van der Waals surface area contributed by atoms with Gasteiger partial charge in [0.15, 0.2) is 5.96 Å². The highest BCUT2D eigenvalue weighted by atomic mass is 32.1. The van der Waals surface area contributed by atoms with Crippen LogP contribution in [0.3, 0.4) is 0 Å². The zero-order valence-corrected chi connectivity index (χ0v) is 78.3. The molecule has 0 aliphatic carbocycles. The fraction of sp³-hybridized carbons (Fsp3) is 0.643. The number of unbranched alkanes of at least 4 members (excludes halogenated alkanes) is 1. The third-order valence-electron chi connectivity index (χ3n) is 22.1. The van der Waals surface area contributed by atoms with Gasteiger partial charge >= 0.3 is 5.97 Å². The SMILES string of the molecule is CC[C@H](C)[C@H](NC(=O)[C@@H](NC(=O)[C@@H]1C[C@@H](O)CN1C(=O)[C@@H](N)C(C)C)[C@@H](C)CC)C(=O)N[C@@H](Cc1ccc(O)cc1)C(=O)N[C@H](C(=O)N[C@@H](CC(N)=O)C(=O)N[C@@H](CCCN=C(N)N)C(=O)N[C@@H](CCN)C(=O)N[C@@H](CO)C(=O)N[C@H](CCN)C(=O)N[C@@H](CCCCN)C(=O)N[C@@H](CS)C(=O)N[C@@H](CCN)C(=O)N[C@@H](CCCN)C(=O)N[C@@H](Cc1ccc(O)cc1)C(=O)O)C(C)(C)S. The molecular formula is C84H141N25O22S2. The number of rotatable bonds is 61. The molecular weight excluding hydrogens is 1780 g/mol. The summed E-state index contributed by atoms with van der Waals surface area (Å²) in [4.78, 5) is 245. The number of amides is 16. The molecule has 0 saturated carbocycles. The van der Waals surface area contributed by atoms with Gasteiger partial charge in [-0.15, -0.1) is 0 Å². The Morgan fingerprint density at radius 2 is 0.820 bits per heavy atom. The standard InChI is InChI=1S/C84H141N25O22S2/c1-9-43(5)64(107-79(127)65(44(6)10-2)106-77(125)61-37-49(113)39-109(61)81(129)63(91)42(3)4)78(126)101-56(35-45-18-22-47(111)23-19-45)74(122)108-66(84(7,8)133)80(128)102-57(38-62(90)114)73(121)97-52(17-14-34-94-83(92)93)67(115)98-55(28-33-89)72(120)104-59(40-110)75(123)99-53(26-31-87)70(118)95-50(15-11-12-29-85)69(117)105-60(41-132)76(124)100-54(27-32-88)71(119)96-51(16-13-30-86)68(116)103-58(82(130)131)36-46-20-24-48(112)25-21-46/h18-25,42-44,49-61,63-66,110-113,132-133H,9-17,26-41,85-89,91H2,1-8H3,(H2,90,114)(H,95,118)(H,96,119)(H,97,121)(H,98,115)(H,99,123)(H,100,124)(H,101,126)(H,102,128)(H,103,116)(H,104,120)(H,105,117)(H,106,125)(H,107,127)(H,108,122)(H,130,131)(H4,92,93,94)/t43-,44-,49+,50-,51-,52-,53+,54-,55-,56-,57-,58-,59-,60-,61-,63-,64-,65-,66+/m0/s1. The minimum Gasteiger partial charge on any atom is -0.508 e. The number of β-amino-alcohol motifs (C(OH)–C–C–N with tert-alkyl or cyclic N) is 1. The lowest BCUT2D eigenvalue weighted by Gasteiger charge is -2.33. The molecule has 0 spiro atoms. The van der Waals surface area contributed by atoms with Crippen molar-refractivity contribution < 1.29 is 107 Å². The maximum absolute atomic E-state index is 14.9. The van der Waals surface area contributed by atoms with Crippen LogP contribution in [-0.4, -0.2) is 303 Å². The number of nitrogens with two attached hydrogens (primary N) is 9. The predicted molar refractivity (Wildman–Crippen MR) is 496 cm³/mol. The maximum Gasteiger partial charge on any atom is 0.326 e. The van der Waals surface area contributed by atoms with Crippen LogP contribution >= 0.6 is 25.3 Å². The summed E-state index contributed by atoms with van der Waals surface area (Å²) in [7, 11) is 0. The van der Waals surface area contributed by atoms with Crippen molar-refractivity contribution in [1.29, 1.82) is 0 Å². The minimum absolute atomic E-state index is 0.0626. The van der Waals surface area contributed by atoms with Gasteiger partial charge in [0.2, 0.25) is 94.5 Å². The van der Waals surface area contributed by atoms with Gasteiger partial charge in [-0.25, -0.2) is 4.79 Å². The Kier molecular flexibility index (Phi) is 51.1. The highest BCUT2D eigenvalue weighted by Gasteiger charge is 2.45. The molecule has 0 unspecified atom stereocenters. The predicted octanol–water partition coefficient (Wildman–Crippen LogP) is -8.73. The van der Waals surface area contributed by atoms with E-state index in [-0.39, 0.29) is 146 Å². The third kappa shape index (κ3) is 39.4. The molecule has 2 aromatic rings. The lowest BCUT2D eigenvalue weighted by Crippen LogP contribution is -2.64. The number of likely N-dealkylation sites (tertiary alicyclic amines) is 1. The van der Waals surface area contributed by atoms with E-state index in [4.69, 9.17) is 51.6 Å². The highest BCUT2D eigenvalue weighted by Crippen LogP contribution is 2.25. The Morgan fingerprint density at radius 1 is 0.459 bits per heavy atom. The second kappa shape index (κ2) is 58.6. The lowest BCUT2D eigenvalue weighted by molar-refractivity contribution is -0.142. The van der Waals surface area contributed by atoms with Crippen LogP contribution in [0.1, 0.15) is 156 Å². The maximum atomic E-state index is 14.9. The van der Waals surface area contributed by atoms with Gasteiger partial charge < -0.3 is 156 Å². The minimum atomic E-state index is -1.98. The molecule has 0 bridgehead atoms. The number of aromatic hydroxyl groups is 2. The van der Waals surface area contributed by atoms with E-state index in [1.54, 1.807) is 41.5 Å². The number of carboxylic acid groups (broad SMARTS) is 1. The molecule has 49 heteroatoms. The average molecular weight is 1920 g/mol. The normalized spacial score (nSPS) is 16.9. The first-order valence-corrected chi connectivity index (χ1v) is 45.3. The largest absolute Gasteiger partial charge is 0.508 e. The fourth-order valence-corrected chi connectivity index (χ4v) is 14.3. The van der Waals surface area contributed by atoms with Gasteiger partial charge in [-0.1, -0.05) is 78.6 Å². The Hall–Kier alpha value is -11.3. The number of guanidine groups is 1. The summed E-state index contributed by atoms with van der Waals surface area (Å²) in [6, 6.07) is -13.5. The molecule has 2 aromatic carbocycles. The van der Waals surface area contributed by atoms with E-state index < -0.39 is 245 Å². The number of phenols is 2. The Labute approximate surface area is 783 Å². The molecule has 1 aliphatic heterocycles. The first-order valence-electron chi connectivity index (χ1n) is 44.2. The summed E-state index contributed by atoms with van der Waals surface area (Å²) < 4.78 is -1.60. The number of nitrogens with zero attached hydrogens (tertiary/aromatic N) is 2. The Morgan fingerprint density at radius 3 is 1.22 bits per heavy atom. The summed E-state index contributed by atoms with van der Waals surface area (Å²) in [5.41, 5.74) is 53.0. The molecule has 1 heterocycles. The second-order valence-corrected chi connectivity index (χ2v) is 35.2. The van der Waals surface area contributed by atoms with Crippen molar-refractivity contribution >= 4 is 132 Å². The second-order valence-electron chi connectivity index (χ2n) is 33.7. The number of primary amides is 1. The molecule has 19 atom stereocenters. The van der Waals surface area contributed by atoms with Crippen molar-refractivity contribution in [3.8, 4) is 11.5 Å². The molecule has 37 N–H and O–H groups in total. The van der Waals surface area contributed by atoms with Crippen LogP contribution in [0, 0.1) is 17.8 Å². The summed E-state index contributed by atoms with van der Waals surface area (Å²) >= 11 is 8.89. The lowest BCUT2D eigenvalue weighted by atomic mass is 9.94. The molecule has 1 fully saturated rings. The van der Waals surface area contributed by atoms with Crippen LogP contribution in [0.25, 0.3) is 0 Å². The van der Waals surface area contributed by atoms with Gasteiger partial charge in [-0.2, -0.15) is 25.3 Å². The van der Waals surface area contributed by atoms with Crippen molar-refractivity contribution in [2.24, 2.45) is 74.3 Å². The summed E-state index contributed by atoms with van der Waals surface area (Å²) in [5.74, 6) is -20.1. The van der Waals surface area contributed by atoms with Crippen LogP contribution in [0.15, 0.2) is 53.5 Å². The van der Waals surface area contributed by atoms with Gasteiger partial charge in [-0.3, -0.25) is 81.7 Å². The zero-order chi connectivity index (χ0) is 100. The van der Waals surface area contributed by atoms with Crippen LogP contribution < -0.4 is 126 Å². The quantitative estimate of drug-likeness (QED) is 0.0127. The van der Waals surface area contributed by atoms with Gasteiger partial charge in [0, 0.05) is 42.9 Å². The molecule has 133 heavy (non-hydrogen) atoms. The van der Waals surface area contributed by atoms with Crippen LogP contribution in [0.2, 0.25) is 0 Å². The smallest absolute Gasteiger partial charge is 0.326 e. The fourth-order valence-electron chi connectivity index (χ4n) is 13.8. The molecule has 0 radical (unpaired) electrons. The average Bonchev–Trinajstić information content (AvgIpc) is 1.62. The van der Waals surface area contributed by atoms with E-state index in [0.717, 1.165) is 0 Å². The number of hydrogen-bond donors (Lipinski definition) is 30. The van der Waals surface area contributed by atoms with E-state index in [9.17, 15) is 107 Å². The van der Waals surface area contributed by atoms with Gasteiger partial charge in [0.1, 0.15) is 102 Å². The molecule has 1 saturated heterocycles. The number of hydrogen-bond acceptors (Lipinski definition) is 30. The number of thiol groups is 2. The zero-order valence-electron chi connectivity index (χ0n) is 76.5. The molecule has 16 amide bonds. The van der Waals surface area contributed by atoms with Crippen molar-refractivity contribution in [2.75, 3.05) is 58.2 Å². The van der Waals surface area contributed by atoms with Crippen LogP contribution in [0.5, 0.6) is 11.5 Å². The number of aliphatic hydroxyl groups excluding tert-OH is 2. The number of carboxylic acids is 1. The van der Waals surface area contributed by atoms with Gasteiger partial charge in [0.05, 0.1) is 25.2 Å². The van der Waals surface area contributed by atoms with Gasteiger partial charge in [0.25, 0.3) is 0 Å². The number of benzene rings is 2. The van der Waals surface area contributed by atoms with Crippen molar-refractivity contribution in [2.45, 2.75) is 266 Å². The van der Waals surface area contributed by atoms with Crippen molar-refractivity contribution in [3.63, 3.8) is 0 Å². The molecule has 0 aromatic heterocycles. The molecule has 746 valence electrons. The highest BCUT2D eigenvalue weighted by molar-refractivity contribution is 7.81. The van der Waals surface area contributed by atoms with E-state index in [0.29, 0.717) is 24.0 Å². The van der Waals surface area contributed by atoms with Crippen LogP contribution in [0.4, 0.5) is 0 Å². The van der Waals surface area contributed by atoms with E-state index in [2.05, 4.69) is 105 Å². The first kappa shape index (κ1) is 116. The molecule has 1 aliphatic rings. The van der Waals surface area contributed by atoms with Crippen molar-refractivity contribution in [1.82, 2.24) is 79.3 Å². The Bertz CT molecular complexity index is 4230. The summed E-state index contributed by atoms with van der Waals surface area (Å²) in [5, 5.41) is 86.3. The van der Waals surface area contributed by atoms with Gasteiger partial charge in [-0.05, 0) is 164 Å². The van der Waals surface area contributed by atoms with Crippen molar-refractivity contribution in [3.05, 3.63) is 59.7 Å². The summed E-state index contributed by atoms with van der Waals surface area (Å²) in [6.07, 6.45) is -3.01. The van der Waals surface area contributed by atoms with E-state index in [1.165, 1.54) is 67.3 Å². The monoisotopic (exact) mass is 1920 g/mol. The van der Waals surface area contributed by atoms with E-state index in [1.807, 2.05) is 0 Å². The topological polar surface area (TPSA) is 810 Å². The summed E-state index contributed by atoms with van der Waals surface area (Å²) in [6.45, 7) is 10.9. The molecule has 47 nitrogen and oxygen atoms in total.